The Balaban J connectivity index is 1.68. The summed E-state index contributed by atoms with van der Waals surface area (Å²) in [5.74, 6) is 0.457. The third-order valence-corrected chi connectivity index (χ3v) is 7.27. The number of nitrogens with zero attached hydrogens (tertiary/aromatic N) is 1. The van der Waals surface area contributed by atoms with Crippen LogP contribution in [0.15, 0.2) is 77.7 Å². The maximum Gasteiger partial charge on any atom is 0.264 e. The van der Waals surface area contributed by atoms with Crippen LogP contribution in [0.5, 0.6) is 5.75 Å². The third kappa shape index (κ3) is 6.74. The molecule has 0 saturated heterocycles. The molecule has 34 heavy (non-hydrogen) atoms. The van der Waals surface area contributed by atoms with E-state index in [0.29, 0.717) is 30.3 Å². The Hall–Kier alpha value is -3.03. The molecule has 0 bridgehead atoms. The van der Waals surface area contributed by atoms with Crippen LogP contribution < -0.4 is 14.4 Å². The van der Waals surface area contributed by atoms with Crippen molar-refractivity contribution in [2.75, 3.05) is 24.0 Å². The van der Waals surface area contributed by atoms with Gasteiger partial charge in [-0.3, -0.25) is 9.10 Å². The van der Waals surface area contributed by atoms with Gasteiger partial charge in [0.2, 0.25) is 5.91 Å². The largest absolute Gasteiger partial charge is 0.494 e. The summed E-state index contributed by atoms with van der Waals surface area (Å²) in [6.45, 7) is 4.48. The number of carbonyl (C=O) groups is 1. The molecule has 1 N–H and O–H groups in total. The van der Waals surface area contributed by atoms with Gasteiger partial charge in [0.25, 0.3) is 10.0 Å². The summed E-state index contributed by atoms with van der Waals surface area (Å²) in [6, 6.07) is 20.7. The predicted octanol–water partition coefficient (Wildman–Crippen LogP) is 4.99. The van der Waals surface area contributed by atoms with E-state index < -0.39 is 10.0 Å². The number of ether oxygens (including phenoxy) is 1. The predicted molar refractivity (Wildman–Crippen MR) is 136 cm³/mol. The summed E-state index contributed by atoms with van der Waals surface area (Å²) in [4.78, 5) is 12.9. The average Bonchev–Trinajstić information content (AvgIpc) is 2.82. The second-order valence-corrected chi connectivity index (χ2v) is 10.1. The number of para-hydroxylation sites is 1. The SMILES string of the molecule is CCOc1ccccc1CCCNC(=O)CN(c1ccc(Cl)cc1)S(=O)(=O)c1ccc(C)cc1. The molecule has 0 unspecified atom stereocenters. The van der Waals surface area contributed by atoms with E-state index in [1.54, 1.807) is 48.5 Å². The molecule has 0 fully saturated rings. The molecule has 1 amide bonds. The van der Waals surface area contributed by atoms with Gasteiger partial charge in [-0.2, -0.15) is 0 Å². The Morgan fingerprint density at radius 2 is 1.68 bits per heavy atom. The van der Waals surface area contributed by atoms with Crippen molar-refractivity contribution in [3.8, 4) is 5.75 Å². The Morgan fingerprint density at radius 3 is 2.35 bits per heavy atom. The van der Waals surface area contributed by atoms with Crippen LogP contribution in [0.3, 0.4) is 0 Å². The van der Waals surface area contributed by atoms with Crippen LogP contribution in [-0.2, 0) is 21.2 Å². The zero-order chi connectivity index (χ0) is 24.6. The highest BCUT2D eigenvalue weighted by atomic mass is 35.5. The highest BCUT2D eigenvalue weighted by Gasteiger charge is 2.27. The number of hydrogen-bond acceptors (Lipinski definition) is 4. The number of benzene rings is 3. The van der Waals surface area contributed by atoms with Gasteiger partial charge in [-0.05, 0) is 74.7 Å². The molecule has 0 aliphatic carbocycles. The molecular formula is C26H29ClN2O4S. The van der Waals surface area contributed by atoms with Gasteiger partial charge in [0, 0.05) is 11.6 Å². The molecule has 0 atom stereocenters. The Kier molecular flexibility index (Phi) is 8.96. The molecule has 8 heteroatoms. The molecule has 0 saturated carbocycles. The van der Waals surface area contributed by atoms with Crippen molar-refractivity contribution in [1.82, 2.24) is 5.32 Å². The fourth-order valence-electron chi connectivity index (χ4n) is 3.46. The van der Waals surface area contributed by atoms with E-state index in [1.165, 1.54) is 0 Å². The summed E-state index contributed by atoms with van der Waals surface area (Å²) in [6.07, 6.45) is 1.43. The molecule has 3 aromatic carbocycles. The smallest absolute Gasteiger partial charge is 0.264 e. The monoisotopic (exact) mass is 500 g/mol. The van der Waals surface area contributed by atoms with E-state index in [4.69, 9.17) is 16.3 Å². The summed E-state index contributed by atoms with van der Waals surface area (Å²) in [5, 5.41) is 3.32. The van der Waals surface area contributed by atoms with Crippen LogP contribution in [0.25, 0.3) is 0 Å². The molecule has 0 heterocycles. The second kappa shape index (κ2) is 11.9. The molecule has 3 rings (SSSR count). The zero-order valence-corrected chi connectivity index (χ0v) is 20.9. The Labute approximate surface area is 206 Å². The van der Waals surface area contributed by atoms with Crippen LogP contribution in [0.4, 0.5) is 5.69 Å². The lowest BCUT2D eigenvalue weighted by Gasteiger charge is -2.24. The van der Waals surface area contributed by atoms with Crippen LogP contribution in [0.2, 0.25) is 5.02 Å². The van der Waals surface area contributed by atoms with Crippen molar-refractivity contribution in [2.45, 2.75) is 31.6 Å². The summed E-state index contributed by atoms with van der Waals surface area (Å²) < 4.78 is 33.5. The van der Waals surface area contributed by atoms with E-state index in [2.05, 4.69) is 5.32 Å². The van der Waals surface area contributed by atoms with E-state index in [-0.39, 0.29) is 17.3 Å². The number of aryl methyl sites for hydroxylation is 2. The van der Waals surface area contributed by atoms with Crippen LogP contribution in [-0.4, -0.2) is 34.0 Å². The van der Waals surface area contributed by atoms with Gasteiger partial charge in [-0.1, -0.05) is 47.5 Å². The Bertz CT molecular complexity index is 1200. The number of amides is 1. The van der Waals surface area contributed by atoms with E-state index in [9.17, 15) is 13.2 Å². The molecule has 0 aromatic heterocycles. The molecular weight excluding hydrogens is 472 g/mol. The lowest BCUT2D eigenvalue weighted by Crippen LogP contribution is -2.41. The second-order valence-electron chi connectivity index (χ2n) is 7.80. The molecule has 0 spiro atoms. The minimum atomic E-state index is -3.95. The summed E-state index contributed by atoms with van der Waals surface area (Å²) in [5.41, 5.74) is 2.38. The number of nitrogens with one attached hydrogen (secondary N) is 1. The van der Waals surface area contributed by atoms with Crippen LogP contribution in [0, 0.1) is 6.92 Å². The minimum absolute atomic E-state index is 0.119. The fraction of sp³-hybridized carbons (Fsp3) is 0.269. The highest BCUT2D eigenvalue weighted by molar-refractivity contribution is 7.92. The fourth-order valence-corrected chi connectivity index (χ4v) is 5.01. The maximum atomic E-state index is 13.4. The zero-order valence-electron chi connectivity index (χ0n) is 19.3. The normalized spacial score (nSPS) is 11.1. The highest BCUT2D eigenvalue weighted by Crippen LogP contribution is 2.25. The lowest BCUT2D eigenvalue weighted by molar-refractivity contribution is -0.119. The van der Waals surface area contributed by atoms with E-state index in [1.807, 2.05) is 38.1 Å². The van der Waals surface area contributed by atoms with Crippen molar-refractivity contribution in [3.63, 3.8) is 0 Å². The maximum absolute atomic E-state index is 13.4. The van der Waals surface area contributed by atoms with Gasteiger partial charge in [0.15, 0.2) is 0 Å². The van der Waals surface area contributed by atoms with Crippen molar-refractivity contribution in [1.29, 1.82) is 0 Å². The molecule has 6 nitrogen and oxygen atoms in total. The topological polar surface area (TPSA) is 75.7 Å². The number of carbonyl (C=O) groups excluding carboxylic acids is 1. The molecule has 0 radical (unpaired) electrons. The number of hydrogen-bond donors (Lipinski definition) is 1. The first-order chi connectivity index (χ1) is 16.3. The van der Waals surface area contributed by atoms with Crippen molar-refractivity contribution in [2.24, 2.45) is 0 Å². The molecule has 0 aliphatic rings. The number of halogens is 1. The first-order valence-corrected chi connectivity index (χ1v) is 13.0. The quantitative estimate of drug-likeness (QED) is 0.376. The van der Waals surface area contributed by atoms with Gasteiger partial charge in [-0.15, -0.1) is 0 Å². The minimum Gasteiger partial charge on any atom is -0.494 e. The number of anilines is 1. The van der Waals surface area contributed by atoms with Gasteiger partial charge in [0.05, 0.1) is 17.2 Å². The average molecular weight is 501 g/mol. The van der Waals surface area contributed by atoms with E-state index in [0.717, 1.165) is 27.6 Å². The van der Waals surface area contributed by atoms with E-state index >= 15 is 0 Å². The standard InChI is InChI=1S/C26H29ClN2O4S/c1-3-33-25-9-5-4-7-21(25)8-6-18-28-26(30)19-29(23-14-12-22(27)13-15-23)34(31,32)24-16-10-20(2)11-17-24/h4-5,7,9-17H,3,6,8,18-19H2,1-2H3,(H,28,30). The van der Waals surface area contributed by atoms with Crippen LogP contribution >= 0.6 is 11.6 Å². The van der Waals surface area contributed by atoms with Gasteiger partial charge in [0.1, 0.15) is 12.3 Å². The van der Waals surface area contributed by atoms with Crippen LogP contribution in [0.1, 0.15) is 24.5 Å². The first-order valence-electron chi connectivity index (χ1n) is 11.1. The molecule has 180 valence electrons. The Morgan fingerprint density at radius 1 is 1.00 bits per heavy atom. The van der Waals surface area contributed by atoms with Gasteiger partial charge < -0.3 is 10.1 Å². The van der Waals surface area contributed by atoms with Crippen molar-refractivity contribution in [3.05, 3.63) is 88.9 Å². The van der Waals surface area contributed by atoms with Gasteiger partial charge >= 0.3 is 0 Å². The molecule has 0 aliphatic heterocycles. The number of sulfonamides is 1. The van der Waals surface area contributed by atoms with Crippen molar-refractivity contribution >= 4 is 33.2 Å². The van der Waals surface area contributed by atoms with Gasteiger partial charge in [-0.25, -0.2) is 8.42 Å². The lowest BCUT2D eigenvalue weighted by atomic mass is 10.1. The molecule has 3 aromatic rings. The first kappa shape index (κ1) is 25.6. The summed E-state index contributed by atoms with van der Waals surface area (Å²) in [7, 11) is -3.95. The summed E-state index contributed by atoms with van der Waals surface area (Å²) >= 11 is 5.98. The van der Waals surface area contributed by atoms with Crippen molar-refractivity contribution < 1.29 is 17.9 Å². The number of rotatable bonds is 11. The third-order valence-electron chi connectivity index (χ3n) is 5.23.